The first-order valence-corrected chi connectivity index (χ1v) is 8.26. The van der Waals surface area contributed by atoms with Gasteiger partial charge in [-0.15, -0.1) is 0 Å². The number of nitrogens with zero attached hydrogens (tertiary/aromatic N) is 4. The summed E-state index contributed by atoms with van der Waals surface area (Å²) >= 11 is 0. The number of hydrogen-bond donors (Lipinski definition) is 1. The van der Waals surface area contributed by atoms with E-state index < -0.39 is 17.6 Å². The zero-order valence-electron chi connectivity index (χ0n) is 13.7. The quantitative estimate of drug-likeness (QED) is 0.854. The molecule has 24 heavy (non-hydrogen) atoms. The number of carbonyl (C=O) groups is 3. The number of imidazole rings is 1. The highest BCUT2D eigenvalue weighted by Crippen LogP contribution is 2.31. The fourth-order valence-corrected chi connectivity index (χ4v) is 3.67. The Morgan fingerprint density at radius 1 is 1.29 bits per heavy atom. The van der Waals surface area contributed by atoms with E-state index in [1.807, 2.05) is 0 Å². The lowest BCUT2D eigenvalue weighted by atomic mass is 9.87. The third-order valence-electron chi connectivity index (χ3n) is 5.23. The molecule has 3 heterocycles. The SMILES string of the molecule is C[C@@H](C(=O)N1CCC(C(=O)O)(n2ccnc2)CC1)N1CCCC1=O. The van der Waals surface area contributed by atoms with Crippen LogP contribution in [0.1, 0.15) is 32.6 Å². The van der Waals surface area contributed by atoms with Crippen LogP contribution in [0.25, 0.3) is 0 Å². The number of carbonyl (C=O) groups excluding carboxylic acids is 2. The maximum absolute atomic E-state index is 12.7. The first-order valence-electron chi connectivity index (χ1n) is 8.26. The van der Waals surface area contributed by atoms with Crippen LogP contribution in [0.3, 0.4) is 0 Å². The molecule has 2 aliphatic rings. The molecule has 0 aromatic carbocycles. The van der Waals surface area contributed by atoms with Crippen molar-refractivity contribution < 1.29 is 19.5 Å². The molecule has 0 aliphatic carbocycles. The Hall–Kier alpha value is -2.38. The predicted octanol–water partition coefficient (Wildman–Crippen LogP) is 0.296. The number of likely N-dealkylation sites (tertiary alicyclic amines) is 2. The molecule has 2 aliphatic heterocycles. The minimum atomic E-state index is -1.06. The van der Waals surface area contributed by atoms with Gasteiger partial charge in [0.25, 0.3) is 0 Å². The second-order valence-corrected chi connectivity index (χ2v) is 6.50. The van der Waals surface area contributed by atoms with Gasteiger partial charge in [0.05, 0.1) is 6.33 Å². The number of piperidine rings is 1. The third kappa shape index (κ3) is 2.65. The molecule has 0 bridgehead atoms. The van der Waals surface area contributed by atoms with Gasteiger partial charge >= 0.3 is 5.97 Å². The molecule has 1 atom stereocenters. The number of aliphatic carboxylic acids is 1. The summed E-state index contributed by atoms with van der Waals surface area (Å²) in [4.78, 5) is 43.6. The number of carboxylic acid groups (broad SMARTS) is 1. The van der Waals surface area contributed by atoms with Gasteiger partial charge in [-0.3, -0.25) is 9.59 Å². The normalized spacial score (nSPS) is 21.8. The van der Waals surface area contributed by atoms with Gasteiger partial charge in [-0.1, -0.05) is 0 Å². The molecular formula is C16H22N4O4. The standard InChI is InChI=1S/C16H22N4O4/c1-12(20-7-2-3-13(20)21)14(22)18-8-4-16(5-9-18,15(23)24)19-10-6-17-11-19/h6,10-12H,2-5,7-9H2,1H3,(H,23,24)/t12-/m0/s1. The Kier molecular flexibility index (Phi) is 4.29. The molecule has 3 rings (SSSR count). The largest absolute Gasteiger partial charge is 0.479 e. The minimum absolute atomic E-state index is 0.0196. The van der Waals surface area contributed by atoms with E-state index in [4.69, 9.17) is 0 Å². The van der Waals surface area contributed by atoms with E-state index in [1.54, 1.807) is 33.7 Å². The Morgan fingerprint density at radius 3 is 2.50 bits per heavy atom. The Bertz CT molecular complexity index is 635. The second-order valence-electron chi connectivity index (χ2n) is 6.50. The van der Waals surface area contributed by atoms with Crippen molar-refractivity contribution in [3.63, 3.8) is 0 Å². The molecular weight excluding hydrogens is 312 g/mol. The fourth-order valence-electron chi connectivity index (χ4n) is 3.67. The average molecular weight is 334 g/mol. The number of carboxylic acids is 1. The molecule has 0 saturated carbocycles. The third-order valence-corrected chi connectivity index (χ3v) is 5.23. The van der Waals surface area contributed by atoms with Crippen molar-refractivity contribution >= 4 is 17.8 Å². The number of amides is 2. The molecule has 1 N–H and O–H groups in total. The number of hydrogen-bond acceptors (Lipinski definition) is 4. The van der Waals surface area contributed by atoms with Crippen molar-refractivity contribution in [2.75, 3.05) is 19.6 Å². The van der Waals surface area contributed by atoms with Crippen LogP contribution in [0.15, 0.2) is 18.7 Å². The molecule has 8 nitrogen and oxygen atoms in total. The van der Waals surface area contributed by atoms with E-state index in [0.717, 1.165) is 6.42 Å². The van der Waals surface area contributed by atoms with Gasteiger partial charge in [-0.2, -0.15) is 0 Å². The summed E-state index contributed by atoms with van der Waals surface area (Å²) in [6.07, 6.45) is 6.66. The van der Waals surface area contributed by atoms with E-state index in [-0.39, 0.29) is 11.8 Å². The zero-order valence-corrected chi connectivity index (χ0v) is 13.7. The van der Waals surface area contributed by atoms with Gasteiger partial charge in [0.2, 0.25) is 11.8 Å². The monoisotopic (exact) mass is 334 g/mol. The summed E-state index contributed by atoms with van der Waals surface area (Å²) in [6.45, 7) is 3.08. The first kappa shape index (κ1) is 16.5. The first-order chi connectivity index (χ1) is 11.5. The lowest BCUT2D eigenvalue weighted by Crippen LogP contribution is -2.55. The molecule has 0 spiro atoms. The van der Waals surface area contributed by atoms with Crippen LogP contribution in [0.4, 0.5) is 0 Å². The summed E-state index contributed by atoms with van der Waals surface area (Å²) in [5, 5.41) is 9.70. The van der Waals surface area contributed by atoms with Gasteiger partial charge in [0.1, 0.15) is 11.6 Å². The van der Waals surface area contributed by atoms with Gasteiger partial charge in [0.15, 0.2) is 0 Å². The fraction of sp³-hybridized carbons (Fsp3) is 0.625. The number of aromatic nitrogens is 2. The summed E-state index contributed by atoms with van der Waals surface area (Å²) in [5.74, 6) is -0.989. The van der Waals surface area contributed by atoms with Gasteiger partial charge < -0.3 is 19.5 Å². The van der Waals surface area contributed by atoms with Crippen molar-refractivity contribution in [3.05, 3.63) is 18.7 Å². The van der Waals surface area contributed by atoms with E-state index in [1.165, 1.54) is 6.33 Å². The molecule has 2 amide bonds. The Balaban J connectivity index is 1.69. The zero-order chi connectivity index (χ0) is 17.3. The predicted molar refractivity (Wildman–Crippen MR) is 84.1 cm³/mol. The van der Waals surface area contributed by atoms with Gasteiger partial charge in [-0.25, -0.2) is 9.78 Å². The maximum Gasteiger partial charge on any atom is 0.330 e. The molecule has 1 aromatic heterocycles. The number of rotatable bonds is 4. The van der Waals surface area contributed by atoms with E-state index in [2.05, 4.69) is 4.98 Å². The van der Waals surface area contributed by atoms with Crippen LogP contribution < -0.4 is 0 Å². The molecule has 2 fully saturated rings. The summed E-state index contributed by atoms with van der Waals surface area (Å²) in [5.41, 5.74) is -1.06. The van der Waals surface area contributed by atoms with Crippen molar-refractivity contribution in [2.45, 2.75) is 44.2 Å². The second kappa shape index (κ2) is 6.26. The smallest absolute Gasteiger partial charge is 0.330 e. The topological polar surface area (TPSA) is 95.7 Å². The maximum atomic E-state index is 12.7. The molecule has 8 heteroatoms. The van der Waals surface area contributed by atoms with Crippen LogP contribution in [-0.4, -0.2) is 67.9 Å². The molecule has 130 valence electrons. The van der Waals surface area contributed by atoms with Crippen LogP contribution in [0.5, 0.6) is 0 Å². The lowest BCUT2D eigenvalue weighted by molar-refractivity contribution is -0.154. The lowest BCUT2D eigenvalue weighted by Gasteiger charge is -2.41. The van der Waals surface area contributed by atoms with E-state index >= 15 is 0 Å². The van der Waals surface area contributed by atoms with Crippen LogP contribution in [0, 0.1) is 0 Å². The summed E-state index contributed by atoms with van der Waals surface area (Å²) in [6, 6.07) is -0.481. The van der Waals surface area contributed by atoms with Gasteiger partial charge in [0, 0.05) is 38.4 Å². The highest BCUT2D eigenvalue weighted by molar-refractivity contribution is 5.88. The van der Waals surface area contributed by atoms with Crippen LogP contribution >= 0.6 is 0 Å². The molecule has 2 saturated heterocycles. The van der Waals surface area contributed by atoms with E-state index in [0.29, 0.717) is 38.9 Å². The summed E-state index contributed by atoms with van der Waals surface area (Å²) < 4.78 is 1.62. The van der Waals surface area contributed by atoms with Crippen molar-refractivity contribution in [1.29, 1.82) is 0 Å². The van der Waals surface area contributed by atoms with Crippen molar-refractivity contribution in [1.82, 2.24) is 19.4 Å². The summed E-state index contributed by atoms with van der Waals surface area (Å²) in [7, 11) is 0. The van der Waals surface area contributed by atoms with Crippen LogP contribution in [-0.2, 0) is 19.9 Å². The molecule has 0 radical (unpaired) electrons. The highest BCUT2D eigenvalue weighted by atomic mass is 16.4. The van der Waals surface area contributed by atoms with Crippen LogP contribution in [0.2, 0.25) is 0 Å². The average Bonchev–Trinajstić information content (AvgIpc) is 3.25. The Labute approximate surface area is 140 Å². The van der Waals surface area contributed by atoms with E-state index in [9.17, 15) is 19.5 Å². The minimum Gasteiger partial charge on any atom is -0.479 e. The van der Waals surface area contributed by atoms with Gasteiger partial charge in [-0.05, 0) is 26.2 Å². The van der Waals surface area contributed by atoms with Crippen molar-refractivity contribution in [3.8, 4) is 0 Å². The Morgan fingerprint density at radius 2 is 2.00 bits per heavy atom. The van der Waals surface area contributed by atoms with Crippen molar-refractivity contribution in [2.24, 2.45) is 0 Å². The molecule has 1 aromatic rings. The molecule has 0 unspecified atom stereocenters. The highest BCUT2D eigenvalue weighted by Gasteiger charge is 2.45.